The molecule has 0 radical (unpaired) electrons. The summed E-state index contributed by atoms with van der Waals surface area (Å²) in [7, 11) is 3.83. The first-order chi connectivity index (χ1) is 13.4. The lowest BCUT2D eigenvalue weighted by Crippen LogP contribution is -1.84. The Kier molecular flexibility index (Phi) is 13.4. The molecule has 0 fully saturated rings. The van der Waals surface area contributed by atoms with Crippen LogP contribution in [0.25, 0.3) is 10.2 Å². The van der Waals surface area contributed by atoms with E-state index >= 15 is 0 Å². The summed E-state index contributed by atoms with van der Waals surface area (Å²) < 4.78 is 2.50. The minimum absolute atomic E-state index is 1.14. The van der Waals surface area contributed by atoms with E-state index in [9.17, 15) is 0 Å². The van der Waals surface area contributed by atoms with Gasteiger partial charge in [0.25, 0.3) is 0 Å². The maximum atomic E-state index is 4.68. The molecule has 0 aliphatic carbocycles. The van der Waals surface area contributed by atoms with E-state index in [0.29, 0.717) is 0 Å². The highest BCUT2D eigenvalue weighted by molar-refractivity contribution is 8.77. The number of unbranched alkanes of at least 4 members (excludes halogenated alkanes) is 13. The first kappa shape index (κ1) is 23.1. The Labute approximate surface area is 178 Å². The van der Waals surface area contributed by atoms with E-state index in [1.165, 1.54) is 105 Å². The Hall–Kier alpha value is -0.190. The minimum atomic E-state index is 1.14. The predicted molar refractivity (Wildman–Crippen MR) is 128 cm³/mol. The van der Waals surface area contributed by atoms with Gasteiger partial charge in [0.05, 0.1) is 10.2 Å². The van der Waals surface area contributed by atoms with Crippen molar-refractivity contribution in [2.45, 2.75) is 101 Å². The lowest BCUT2D eigenvalue weighted by molar-refractivity contribution is 0.538. The summed E-state index contributed by atoms with van der Waals surface area (Å²) >= 11 is 1.82. The van der Waals surface area contributed by atoms with Gasteiger partial charge in [-0.05, 0) is 29.3 Å². The number of rotatable bonds is 17. The van der Waals surface area contributed by atoms with E-state index in [-0.39, 0.29) is 0 Å². The van der Waals surface area contributed by atoms with E-state index in [1.54, 1.807) is 0 Å². The number of para-hydroxylation sites is 1. The molecule has 0 unspecified atom stereocenters. The zero-order valence-electron chi connectivity index (χ0n) is 17.1. The van der Waals surface area contributed by atoms with Crippen molar-refractivity contribution in [1.29, 1.82) is 0 Å². The Balaban J connectivity index is 1.32. The molecule has 0 saturated heterocycles. The van der Waals surface area contributed by atoms with Crippen LogP contribution in [0.5, 0.6) is 0 Å². The van der Waals surface area contributed by atoms with E-state index in [1.807, 2.05) is 32.9 Å². The molecule has 0 bridgehead atoms. The molecule has 2 rings (SSSR count). The van der Waals surface area contributed by atoms with Gasteiger partial charge in [-0.15, -0.1) is 11.3 Å². The van der Waals surface area contributed by atoms with Gasteiger partial charge < -0.3 is 0 Å². The molecule has 1 nitrogen and oxygen atoms in total. The largest absolute Gasteiger partial charge is 0.229 e. The smallest absolute Gasteiger partial charge is 0.161 e. The van der Waals surface area contributed by atoms with Gasteiger partial charge in [0.15, 0.2) is 4.34 Å². The normalized spacial score (nSPS) is 11.4. The van der Waals surface area contributed by atoms with Crippen LogP contribution in [0.3, 0.4) is 0 Å². The molecule has 4 heteroatoms. The standard InChI is InChI=1S/C23H37NS3/c1-2-3-4-5-6-7-8-9-10-11-12-13-14-17-20-25-27-23-24-21-18-15-16-19-22(21)26-23/h15-16,18-19H,2-14,17,20H2,1H3. The fraction of sp³-hybridized carbons (Fsp3) is 0.696. The van der Waals surface area contributed by atoms with Gasteiger partial charge in [-0.25, -0.2) is 4.98 Å². The minimum Gasteiger partial charge on any atom is -0.229 e. The average Bonchev–Trinajstić information content (AvgIpc) is 3.10. The molecule has 0 amide bonds. The summed E-state index contributed by atoms with van der Waals surface area (Å²) in [6.45, 7) is 2.29. The molecule has 152 valence electrons. The molecule has 2 aromatic rings. The van der Waals surface area contributed by atoms with Crippen LogP contribution in [0.2, 0.25) is 0 Å². The van der Waals surface area contributed by atoms with Crippen LogP contribution in [-0.2, 0) is 0 Å². The summed E-state index contributed by atoms with van der Waals surface area (Å²) in [5.74, 6) is 1.25. The van der Waals surface area contributed by atoms with Crippen molar-refractivity contribution in [3.8, 4) is 0 Å². The molecule has 0 N–H and O–H groups in total. The van der Waals surface area contributed by atoms with Crippen LogP contribution in [0.1, 0.15) is 96.8 Å². The van der Waals surface area contributed by atoms with Crippen LogP contribution in [0.15, 0.2) is 28.6 Å². The number of aromatic nitrogens is 1. The van der Waals surface area contributed by atoms with Crippen LogP contribution in [0.4, 0.5) is 0 Å². The fourth-order valence-corrected chi connectivity index (χ4v) is 6.84. The molecular weight excluding hydrogens is 386 g/mol. The molecule has 27 heavy (non-hydrogen) atoms. The van der Waals surface area contributed by atoms with Gasteiger partial charge in [-0.2, -0.15) is 0 Å². The third-order valence-corrected chi connectivity index (χ3v) is 8.77. The van der Waals surface area contributed by atoms with Gasteiger partial charge in [-0.3, -0.25) is 0 Å². The summed E-state index contributed by atoms with van der Waals surface area (Å²) in [5.41, 5.74) is 1.14. The van der Waals surface area contributed by atoms with Crippen LogP contribution in [0, 0.1) is 0 Å². The molecular formula is C23H37NS3. The van der Waals surface area contributed by atoms with Gasteiger partial charge in [0, 0.05) is 5.75 Å². The summed E-state index contributed by atoms with van der Waals surface area (Å²) in [4.78, 5) is 4.68. The number of nitrogens with zero attached hydrogens (tertiary/aromatic N) is 1. The topological polar surface area (TPSA) is 12.9 Å². The Bertz CT molecular complexity index is 563. The highest BCUT2D eigenvalue weighted by atomic mass is 33.1. The van der Waals surface area contributed by atoms with Crippen molar-refractivity contribution in [3.63, 3.8) is 0 Å². The number of fused-ring (bicyclic) bond motifs is 1. The molecule has 0 spiro atoms. The first-order valence-electron chi connectivity index (χ1n) is 11.0. The number of hydrogen-bond acceptors (Lipinski definition) is 4. The average molecular weight is 424 g/mol. The molecule has 0 aliphatic heterocycles. The van der Waals surface area contributed by atoms with Gasteiger partial charge in [0.1, 0.15) is 0 Å². The SMILES string of the molecule is CCCCCCCCCCCCCCCCSSc1nc2ccccc2s1. The highest BCUT2D eigenvalue weighted by Gasteiger charge is 2.03. The molecule has 1 heterocycles. The third-order valence-electron chi connectivity index (χ3n) is 4.99. The fourth-order valence-electron chi connectivity index (χ4n) is 3.33. The molecule has 0 aliphatic rings. The zero-order valence-corrected chi connectivity index (χ0v) is 19.5. The second-order valence-corrected chi connectivity index (χ2v) is 11.1. The van der Waals surface area contributed by atoms with Crippen LogP contribution in [-0.4, -0.2) is 10.7 Å². The van der Waals surface area contributed by atoms with Gasteiger partial charge in [-0.1, -0.05) is 113 Å². The molecule has 0 atom stereocenters. The van der Waals surface area contributed by atoms with E-state index < -0.39 is 0 Å². The van der Waals surface area contributed by atoms with Gasteiger partial charge in [0.2, 0.25) is 0 Å². The van der Waals surface area contributed by atoms with Crippen LogP contribution >= 0.6 is 32.9 Å². The van der Waals surface area contributed by atoms with E-state index in [0.717, 1.165) is 5.52 Å². The Morgan fingerprint density at radius 2 is 1.30 bits per heavy atom. The monoisotopic (exact) mass is 423 g/mol. The van der Waals surface area contributed by atoms with Crippen LogP contribution < -0.4 is 0 Å². The van der Waals surface area contributed by atoms with Crippen molar-refractivity contribution < 1.29 is 0 Å². The molecule has 1 aromatic heterocycles. The lowest BCUT2D eigenvalue weighted by atomic mass is 10.0. The summed E-state index contributed by atoms with van der Waals surface area (Å²) in [5, 5.41) is 0. The van der Waals surface area contributed by atoms with E-state index in [4.69, 9.17) is 0 Å². The maximum absolute atomic E-state index is 4.68. The van der Waals surface area contributed by atoms with Crippen molar-refractivity contribution in [2.24, 2.45) is 0 Å². The number of hydrogen-bond donors (Lipinski definition) is 0. The maximum Gasteiger partial charge on any atom is 0.161 e. The molecule has 0 saturated carbocycles. The summed E-state index contributed by atoms with van der Waals surface area (Å²) in [6, 6.07) is 8.43. The third kappa shape index (κ3) is 10.8. The second kappa shape index (κ2) is 15.7. The number of benzene rings is 1. The zero-order chi connectivity index (χ0) is 19.0. The lowest BCUT2D eigenvalue weighted by Gasteiger charge is -2.03. The predicted octanol–water partition coefficient (Wildman–Crippen LogP) is 9.52. The Morgan fingerprint density at radius 1 is 0.741 bits per heavy atom. The first-order valence-corrected chi connectivity index (χ1v) is 14.2. The Morgan fingerprint density at radius 3 is 1.89 bits per heavy atom. The van der Waals surface area contributed by atoms with Gasteiger partial charge >= 0.3 is 0 Å². The second-order valence-electron chi connectivity index (χ2n) is 7.45. The summed E-state index contributed by atoms with van der Waals surface area (Å²) in [6.07, 6.45) is 20.1. The quantitative estimate of drug-likeness (QED) is 0.186. The highest BCUT2D eigenvalue weighted by Crippen LogP contribution is 2.37. The number of thiazole rings is 1. The van der Waals surface area contributed by atoms with Crippen molar-refractivity contribution >= 4 is 43.1 Å². The van der Waals surface area contributed by atoms with Crippen molar-refractivity contribution in [1.82, 2.24) is 4.98 Å². The van der Waals surface area contributed by atoms with Crippen molar-refractivity contribution in [3.05, 3.63) is 24.3 Å². The van der Waals surface area contributed by atoms with Crippen molar-refractivity contribution in [2.75, 3.05) is 5.75 Å². The molecule has 1 aromatic carbocycles. The van der Waals surface area contributed by atoms with E-state index in [2.05, 4.69) is 36.2 Å².